The molecule has 156 valence electrons. The fourth-order valence-electron chi connectivity index (χ4n) is 4.05. The number of anilines is 1. The van der Waals surface area contributed by atoms with Crippen molar-refractivity contribution in [3.05, 3.63) is 66.3 Å². The summed E-state index contributed by atoms with van der Waals surface area (Å²) in [7, 11) is 1.81. The summed E-state index contributed by atoms with van der Waals surface area (Å²) < 4.78 is 3.49. The summed E-state index contributed by atoms with van der Waals surface area (Å²) in [4.78, 5) is 27.6. The van der Waals surface area contributed by atoms with Crippen LogP contribution in [0.2, 0.25) is 0 Å². The summed E-state index contributed by atoms with van der Waals surface area (Å²) in [5.74, 6) is 1.37. The van der Waals surface area contributed by atoms with Crippen LogP contribution in [0.5, 0.6) is 0 Å². The van der Waals surface area contributed by atoms with E-state index in [0.717, 1.165) is 28.2 Å². The molecule has 0 unspecified atom stereocenters. The number of aryl methyl sites for hydroxylation is 1. The molecule has 4 aromatic rings. The first-order valence-electron chi connectivity index (χ1n) is 9.99. The maximum Gasteiger partial charge on any atom is 0.236 e. The van der Waals surface area contributed by atoms with Crippen molar-refractivity contribution in [1.82, 2.24) is 34.5 Å². The molecule has 1 aromatic carbocycles. The second-order valence-electron chi connectivity index (χ2n) is 8.19. The van der Waals surface area contributed by atoms with Gasteiger partial charge in [0.15, 0.2) is 11.6 Å². The quantitative estimate of drug-likeness (QED) is 0.509. The monoisotopic (exact) mass is 414 g/mol. The van der Waals surface area contributed by atoms with Crippen molar-refractivity contribution in [2.75, 3.05) is 11.9 Å². The smallest absolute Gasteiger partial charge is 0.236 e. The third kappa shape index (κ3) is 3.00. The second kappa shape index (κ2) is 6.83. The molecule has 1 aliphatic heterocycles. The summed E-state index contributed by atoms with van der Waals surface area (Å²) in [6.07, 6.45) is 4.87. The first-order valence-corrected chi connectivity index (χ1v) is 9.99. The number of nitrogens with zero attached hydrogens (tertiary/aromatic N) is 8. The molecule has 1 amide bonds. The van der Waals surface area contributed by atoms with E-state index >= 15 is 0 Å². The van der Waals surface area contributed by atoms with Crippen molar-refractivity contribution >= 4 is 11.6 Å². The fourth-order valence-corrected chi connectivity index (χ4v) is 4.05. The highest BCUT2D eigenvalue weighted by Gasteiger charge is 2.42. The predicted molar refractivity (Wildman–Crippen MR) is 115 cm³/mol. The van der Waals surface area contributed by atoms with Crippen LogP contribution in [0, 0.1) is 6.92 Å². The average Bonchev–Trinajstić information content (AvgIpc) is 3.46. The molecule has 1 aliphatic rings. The van der Waals surface area contributed by atoms with E-state index < -0.39 is 5.41 Å². The highest BCUT2D eigenvalue weighted by Crippen LogP contribution is 2.42. The van der Waals surface area contributed by atoms with E-state index in [0.29, 0.717) is 18.2 Å². The minimum atomic E-state index is -0.598. The zero-order chi connectivity index (χ0) is 21.8. The summed E-state index contributed by atoms with van der Waals surface area (Å²) >= 11 is 0. The first kappa shape index (κ1) is 19.1. The number of aromatic nitrogens is 7. The molecule has 0 saturated heterocycles. The van der Waals surface area contributed by atoms with Gasteiger partial charge in [0.25, 0.3) is 0 Å². The van der Waals surface area contributed by atoms with Crippen molar-refractivity contribution in [2.45, 2.75) is 32.7 Å². The number of rotatable bonds is 4. The third-order valence-corrected chi connectivity index (χ3v) is 5.76. The molecule has 0 spiro atoms. The summed E-state index contributed by atoms with van der Waals surface area (Å²) in [6.45, 7) is 6.25. The number of carbonyl (C=O) groups is 1. The lowest BCUT2D eigenvalue weighted by molar-refractivity contribution is -0.121. The van der Waals surface area contributed by atoms with Gasteiger partial charge in [-0.3, -0.25) is 9.78 Å². The van der Waals surface area contributed by atoms with Crippen molar-refractivity contribution in [3.63, 3.8) is 0 Å². The van der Waals surface area contributed by atoms with E-state index in [2.05, 4.69) is 15.1 Å². The molecule has 31 heavy (non-hydrogen) atoms. The number of hydrogen-bond donors (Lipinski definition) is 0. The van der Waals surface area contributed by atoms with Gasteiger partial charge >= 0.3 is 0 Å². The van der Waals surface area contributed by atoms with Crippen LogP contribution in [0.4, 0.5) is 5.69 Å². The van der Waals surface area contributed by atoms with Gasteiger partial charge in [-0.25, -0.2) is 19.3 Å². The number of carbonyl (C=O) groups excluding carboxylic acids is 1. The Morgan fingerprint density at radius 2 is 1.97 bits per heavy atom. The van der Waals surface area contributed by atoms with Gasteiger partial charge in [-0.15, -0.1) is 5.10 Å². The van der Waals surface area contributed by atoms with Crippen LogP contribution in [0.3, 0.4) is 0 Å². The van der Waals surface area contributed by atoms with Crippen molar-refractivity contribution in [2.24, 2.45) is 0 Å². The molecule has 0 atom stereocenters. The Labute approximate surface area is 179 Å². The molecule has 0 radical (unpaired) electrons. The standard InChI is InChI=1S/C22H22N8O/c1-14-17(6-5-9-24-14)30-20(26-19(27-30)11-29-13-23-12-25-29)15-7-8-18-16(10-15)22(2,3)21(31)28(18)4/h5-10,12-13H,11H2,1-4H3. The molecular weight excluding hydrogens is 392 g/mol. The van der Waals surface area contributed by atoms with Crippen LogP contribution >= 0.6 is 0 Å². The van der Waals surface area contributed by atoms with Gasteiger partial charge in [-0.1, -0.05) is 0 Å². The molecular formula is C22H22N8O. The summed E-state index contributed by atoms with van der Waals surface area (Å²) in [5, 5.41) is 8.91. The van der Waals surface area contributed by atoms with E-state index in [9.17, 15) is 4.79 Å². The largest absolute Gasteiger partial charge is 0.314 e. The topological polar surface area (TPSA) is 94.6 Å². The van der Waals surface area contributed by atoms with Crippen LogP contribution in [-0.4, -0.2) is 47.5 Å². The maximum atomic E-state index is 12.7. The molecule has 9 heteroatoms. The Bertz CT molecular complexity index is 1290. The molecule has 4 heterocycles. The van der Waals surface area contributed by atoms with Crippen molar-refractivity contribution in [1.29, 1.82) is 0 Å². The Morgan fingerprint density at radius 1 is 1.13 bits per heavy atom. The van der Waals surface area contributed by atoms with Crippen LogP contribution in [-0.2, 0) is 16.8 Å². The molecule has 0 N–H and O–H groups in total. The number of amides is 1. The number of likely N-dealkylation sites (N-methyl/N-ethyl adjacent to an activating group) is 1. The zero-order valence-corrected chi connectivity index (χ0v) is 17.8. The highest BCUT2D eigenvalue weighted by molar-refractivity contribution is 6.07. The van der Waals surface area contributed by atoms with E-state index in [1.54, 1.807) is 22.1 Å². The average molecular weight is 414 g/mol. The SMILES string of the molecule is Cc1ncccc1-n1nc(Cn2cncn2)nc1-c1ccc2c(c1)C(C)(C)C(=O)N2C. The Morgan fingerprint density at radius 3 is 2.71 bits per heavy atom. The van der Waals surface area contributed by atoms with Gasteiger partial charge in [0.2, 0.25) is 5.91 Å². The van der Waals surface area contributed by atoms with E-state index in [4.69, 9.17) is 10.1 Å². The zero-order valence-electron chi connectivity index (χ0n) is 17.8. The molecule has 3 aromatic heterocycles. The van der Waals surface area contributed by atoms with Crippen molar-refractivity contribution < 1.29 is 4.79 Å². The minimum absolute atomic E-state index is 0.0797. The van der Waals surface area contributed by atoms with Crippen LogP contribution in [0.25, 0.3) is 17.1 Å². The molecule has 0 saturated carbocycles. The van der Waals surface area contributed by atoms with Gasteiger partial charge in [0.05, 0.1) is 16.8 Å². The Balaban J connectivity index is 1.67. The lowest BCUT2D eigenvalue weighted by Gasteiger charge is -2.16. The second-order valence-corrected chi connectivity index (χ2v) is 8.19. The molecule has 0 aliphatic carbocycles. The molecule has 0 bridgehead atoms. The van der Waals surface area contributed by atoms with Gasteiger partial charge in [-0.05, 0) is 56.7 Å². The van der Waals surface area contributed by atoms with Crippen LogP contribution < -0.4 is 4.90 Å². The molecule has 9 nitrogen and oxygen atoms in total. The van der Waals surface area contributed by atoms with Gasteiger partial charge in [-0.2, -0.15) is 5.10 Å². The highest BCUT2D eigenvalue weighted by atomic mass is 16.2. The normalized spacial score (nSPS) is 14.8. The predicted octanol–water partition coefficient (Wildman–Crippen LogP) is 2.53. The van der Waals surface area contributed by atoms with Gasteiger partial charge in [0, 0.05) is 24.5 Å². The lowest BCUT2D eigenvalue weighted by Crippen LogP contribution is -2.33. The fraction of sp³-hybridized carbons (Fsp3) is 0.273. The van der Waals surface area contributed by atoms with Crippen molar-refractivity contribution in [3.8, 4) is 17.1 Å². The Hall–Kier alpha value is -3.88. The van der Waals surface area contributed by atoms with E-state index in [1.807, 2.05) is 62.8 Å². The van der Waals surface area contributed by atoms with Crippen LogP contribution in [0.15, 0.2) is 49.2 Å². The van der Waals surface area contributed by atoms with Gasteiger partial charge < -0.3 is 4.90 Å². The number of pyridine rings is 1. The molecule has 0 fully saturated rings. The van der Waals surface area contributed by atoms with Gasteiger partial charge in [0.1, 0.15) is 19.2 Å². The lowest BCUT2D eigenvalue weighted by atomic mass is 9.85. The summed E-state index contributed by atoms with van der Waals surface area (Å²) in [6, 6.07) is 9.85. The van der Waals surface area contributed by atoms with Crippen LogP contribution in [0.1, 0.15) is 30.9 Å². The maximum absolute atomic E-state index is 12.7. The number of benzene rings is 1. The molecule has 5 rings (SSSR count). The van der Waals surface area contributed by atoms with E-state index in [1.165, 1.54) is 6.33 Å². The summed E-state index contributed by atoms with van der Waals surface area (Å²) in [5.41, 5.74) is 3.88. The number of hydrogen-bond acceptors (Lipinski definition) is 6. The Kier molecular flexibility index (Phi) is 4.21. The first-order chi connectivity index (χ1) is 14.9. The third-order valence-electron chi connectivity index (χ3n) is 5.76. The van der Waals surface area contributed by atoms with E-state index in [-0.39, 0.29) is 5.91 Å². The number of fused-ring (bicyclic) bond motifs is 1. The minimum Gasteiger partial charge on any atom is -0.314 e.